The molecule has 0 N–H and O–H groups in total. The third-order valence-corrected chi connectivity index (χ3v) is 7.81. The van der Waals surface area contributed by atoms with Crippen molar-refractivity contribution in [3.05, 3.63) is 72.3 Å². The van der Waals surface area contributed by atoms with E-state index in [0.717, 1.165) is 26.1 Å². The molecule has 2 aromatic rings. The highest BCUT2D eigenvalue weighted by Gasteiger charge is 2.37. The lowest BCUT2D eigenvalue weighted by Crippen LogP contribution is -2.52. The summed E-state index contributed by atoms with van der Waals surface area (Å²) in [6.07, 6.45) is 6.18. The molecule has 1 amide bonds. The molecule has 31 heavy (non-hydrogen) atoms. The van der Waals surface area contributed by atoms with Crippen LogP contribution in [0.2, 0.25) is 0 Å². The highest BCUT2D eigenvalue weighted by molar-refractivity contribution is 7.92. The molecule has 1 fully saturated rings. The number of piperazine rings is 1. The number of rotatable bonds is 9. The van der Waals surface area contributed by atoms with Crippen molar-refractivity contribution in [1.82, 2.24) is 9.80 Å². The topological polar surface area (TPSA) is 57.7 Å². The van der Waals surface area contributed by atoms with Crippen molar-refractivity contribution in [2.45, 2.75) is 36.3 Å². The van der Waals surface area contributed by atoms with E-state index in [-0.39, 0.29) is 10.8 Å². The molecule has 0 saturated carbocycles. The van der Waals surface area contributed by atoms with Crippen LogP contribution < -0.4 is 0 Å². The summed E-state index contributed by atoms with van der Waals surface area (Å²) in [6.45, 7) is 5.44. The van der Waals surface area contributed by atoms with Gasteiger partial charge in [0.15, 0.2) is 9.84 Å². The standard InChI is InChI=1S/C25H32N2O3S/c1-2-3-16-24(31(29,30)23-14-8-5-9-15-23)25(28)27-20-18-26(19-21-27)17-10-13-22-11-6-4-7-12-22/h4-15,24H,2-3,16-21H2,1H3/b13-10+. The number of amides is 1. The number of unbranched alkanes of at least 4 members (excludes halogenated alkanes) is 1. The SMILES string of the molecule is CCCCC(C(=O)N1CCN(C/C=C/c2ccccc2)CC1)S(=O)(=O)c1ccccc1. The fraction of sp³-hybridized carbons (Fsp3) is 0.400. The average Bonchev–Trinajstić information content (AvgIpc) is 2.81. The maximum atomic E-state index is 13.2. The minimum absolute atomic E-state index is 0.231. The number of carbonyl (C=O) groups is 1. The summed E-state index contributed by atoms with van der Waals surface area (Å²) in [5.41, 5.74) is 1.17. The lowest BCUT2D eigenvalue weighted by Gasteiger charge is -2.36. The largest absolute Gasteiger partial charge is 0.339 e. The Bertz CT molecular complexity index is 951. The molecule has 0 bridgehead atoms. The van der Waals surface area contributed by atoms with Crippen LogP contribution in [0.15, 0.2) is 71.6 Å². The van der Waals surface area contributed by atoms with E-state index in [2.05, 4.69) is 29.2 Å². The first-order chi connectivity index (χ1) is 15.0. The van der Waals surface area contributed by atoms with E-state index < -0.39 is 15.1 Å². The molecule has 0 aliphatic carbocycles. The summed E-state index contributed by atoms with van der Waals surface area (Å²) in [5, 5.41) is -1.00. The molecular formula is C25H32N2O3S. The quantitative estimate of drug-likeness (QED) is 0.594. The number of carbonyl (C=O) groups excluding carboxylic acids is 1. The van der Waals surface area contributed by atoms with Crippen LogP contribution in [0.5, 0.6) is 0 Å². The number of hydrogen-bond donors (Lipinski definition) is 0. The van der Waals surface area contributed by atoms with E-state index in [0.29, 0.717) is 25.9 Å². The zero-order valence-electron chi connectivity index (χ0n) is 18.2. The normalized spacial score (nSPS) is 16.5. The maximum Gasteiger partial charge on any atom is 0.241 e. The third kappa shape index (κ3) is 6.28. The molecular weight excluding hydrogens is 408 g/mol. The Kier molecular flexibility index (Phi) is 8.43. The number of nitrogens with zero attached hydrogens (tertiary/aromatic N) is 2. The first-order valence-corrected chi connectivity index (χ1v) is 12.6. The predicted molar refractivity (Wildman–Crippen MR) is 125 cm³/mol. The second kappa shape index (κ2) is 11.3. The van der Waals surface area contributed by atoms with Gasteiger partial charge >= 0.3 is 0 Å². The van der Waals surface area contributed by atoms with Gasteiger partial charge in [0.1, 0.15) is 5.25 Å². The summed E-state index contributed by atoms with van der Waals surface area (Å²) >= 11 is 0. The monoisotopic (exact) mass is 440 g/mol. The van der Waals surface area contributed by atoms with Gasteiger partial charge in [-0.15, -0.1) is 0 Å². The van der Waals surface area contributed by atoms with Crippen LogP contribution in [0, 0.1) is 0 Å². The summed E-state index contributed by atoms with van der Waals surface area (Å²) in [6, 6.07) is 18.5. The lowest BCUT2D eigenvalue weighted by molar-refractivity contribution is -0.132. The van der Waals surface area contributed by atoms with Crippen molar-refractivity contribution in [1.29, 1.82) is 0 Å². The zero-order valence-corrected chi connectivity index (χ0v) is 19.0. The molecule has 0 aromatic heterocycles. The predicted octanol–water partition coefficient (Wildman–Crippen LogP) is 3.88. The minimum Gasteiger partial charge on any atom is -0.339 e. The van der Waals surface area contributed by atoms with Crippen LogP contribution >= 0.6 is 0 Å². The number of hydrogen-bond acceptors (Lipinski definition) is 4. The molecule has 166 valence electrons. The van der Waals surface area contributed by atoms with Crippen LogP contribution in [0.4, 0.5) is 0 Å². The van der Waals surface area contributed by atoms with Gasteiger partial charge < -0.3 is 4.90 Å². The molecule has 6 heteroatoms. The Morgan fingerprint density at radius 3 is 2.19 bits per heavy atom. The zero-order chi connectivity index (χ0) is 22.1. The van der Waals surface area contributed by atoms with Crippen molar-refractivity contribution < 1.29 is 13.2 Å². The Labute approximate surface area is 186 Å². The lowest BCUT2D eigenvalue weighted by atomic mass is 10.1. The van der Waals surface area contributed by atoms with E-state index in [1.165, 1.54) is 5.56 Å². The Hall–Kier alpha value is -2.44. The summed E-state index contributed by atoms with van der Waals surface area (Å²) in [7, 11) is -3.70. The smallest absolute Gasteiger partial charge is 0.241 e. The van der Waals surface area contributed by atoms with Gasteiger partial charge in [0.2, 0.25) is 5.91 Å². The van der Waals surface area contributed by atoms with Gasteiger partial charge in [-0.3, -0.25) is 9.69 Å². The fourth-order valence-corrected chi connectivity index (χ4v) is 5.59. The Morgan fingerprint density at radius 2 is 1.58 bits per heavy atom. The van der Waals surface area contributed by atoms with Crippen LogP contribution in [0.1, 0.15) is 31.7 Å². The van der Waals surface area contributed by atoms with Crippen LogP contribution in [-0.2, 0) is 14.6 Å². The molecule has 1 saturated heterocycles. The van der Waals surface area contributed by atoms with Gasteiger partial charge in [-0.05, 0) is 24.1 Å². The Balaban J connectivity index is 1.61. The number of benzene rings is 2. The van der Waals surface area contributed by atoms with Gasteiger partial charge in [0, 0.05) is 32.7 Å². The summed E-state index contributed by atoms with van der Waals surface area (Å²) in [5.74, 6) is -0.253. The van der Waals surface area contributed by atoms with E-state index in [9.17, 15) is 13.2 Å². The van der Waals surface area contributed by atoms with Crippen molar-refractivity contribution in [2.75, 3.05) is 32.7 Å². The molecule has 3 rings (SSSR count). The van der Waals surface area contributed by atoms with Crippen LogP contribution in [0.3, 0.4) is 0 Å². The summed E-state index contributed by atoms with van der Waals surface area (Å²) in [4.78, 5) is 17.5. The van der Waals surface area contributed by atoms with E-state index in [1.54, 1.807) is 35.2 Å². The van der Waals surface area contributed by atoms with E-state index in [4.69, 9.17) is 0 Å². The molecule has 1 heterocycles. The van der Waals surface area contributed by atoms with Crippen LogP contribution in [0.25, 0.3) is 6.08 Å². The van der Waals surface area contributed by atoms with Crippen molar-refractivity contribution in [2.24, 2.45) is 0 Å². The molecule has 1 aliphatic rings. The Morgan fingerprint density at radius 1 is 0.968 bits per heavy atom. The number of sulfone groups is 1. The van der Waals surface area contributed by atoms with Crippen molar-refractivity contribution >= 4 is 21.8 Å². The van der Waals surface area contributed by atoms with Crippen LogP contribution in [-0.4, -0.2) is 62.1 Å². The van der Waals surface area contributed by atoms with Gasteiger partial charge in [0.25, 0.3) is 0 Å². The van der Waals surface area contributed by atoms with Gasteiger partial charge in [-0.25, -0.2) is 8.42 Å². The van der Waals surface area contributed by atoms with E-state index in [1.807, 2.05) is 25.1 Å². The maximum absolute atomic E-state index is 13.2. The molecule has 1 atom stereocenters. The highest BCUT2D eigenvalue weighted by Crippen LogP contribution is 2.22. The second-order valence-electron chi connectivity index (χ2n) is 7.93. The molecule has 1 aliphatic heterocycles. The van der Waals surface area contributed by atoms with E-state index >= 15 is 0 Å². The average molecular weight is 441 g/mol. The second-order valence-corrected chi connectivity index (χ2v) is 10.1. The fourth-order valence-electron chi connectivity index (χ4n) is 3.83. The molecule has 1 unspecified atom stereocenters. The highest BCUT2D eigenvalue weighted by atomic mass is 32.2. The molecule has 0 spiro atoms. The van der Waals surface area contributed by atoms with Gasteiger partial charge in [-0.2, -0.15) is 0 Å². The molecule has 5 nitrogen and oxygen atoms in total. The molecule has 0 radical (unpaired) electrons. The van der Waals surface area contributed by atoms with Crippen molar-refractivity contribution in [3.8, 4) is 0 Å². The first-order valence-electron chi connectivity index (χ1n) is 11.0. The third-order valence-electron chi connectivity index (χ3n) is 5.70. The first kappa shape index (κ1) is 23.2. The molecule has 2 aromatic carbocycles. The van der Waals surface area contributed by atoms with Crippen molar-refractivity contribution in [3.63, 3.8) is 0 Å². The summed E-state index contributed by atoms with van der Waals surface area (Å²) < 4.78 is 26.4. The minimum atomic E-state index is -3.70. The van der Waals surface area contributed by atoms with Gasteiger partial charge in [-0.1, -0.05) is 80.4 Å². The van der Waals surface area contributed by atoms with Gasteiger partial charge in [0.05, 0.1) is 4.90 Å².